The van der Waals surface area contributed by atoms with Crippen molar-refractivity contribution in [1.29, 1.82) is 0 Å². The molecule has 0 aromatic carbocycles. The molecule has 0 saturated heterocycles. The molecule has 0 aliphatic rings. The molecular weight excluding hydrogens is 158 g/mol. The Morgan fingerprint density at radius 1 is 1.64 bits per heavy atom. The maximum absolute atomic E-state index is 9.03. The van der Waals surface area contributed by atoms with Crippen molar-refractivity contribution in [2.75, 3.05) is 6.61 Å². The van der Waals surface area contributed by atoms with Gasteiger partial charge in [0.15, 0.2) is 0 Å². The summed E-state index contributed by atoms with van der Waals surface area (Å²) in [4.78, 5) is 4.17. The van der Waals surface area contributed by atoms with Gasteiger partial charge in [-0.3, -0.25) is 0 Å². The van der Waals surface area contributed by atoms with Crippen molar-refractivity contribution >= 4 is 11.3 Å². The molecule has 0 saturated carbocycles. The van der Waals surface area contributed by atoms with Crippen LogP contribution in [0.2, 0.25) is 0 Å². The fourth-order valence-electron chi connectivity index (χ4n) is 0.992. The molecule has 62 valence electrons. The Bertz CT molecular complexity index is 196. The summed E-state index contributed by atoms with van der Waals surface area (Å²) in [6.45, 7) is 4.40. The second-order valence-electron chi connectivity index (χ2n) is 2.90. The average molecular weight is 171 g/mol. The Morgan fingerprint density at radius 3 is 2.73 bits per heavy atom. The minimum absolute atomic E-state index is 0.200. The van der Waals surface area contributed by atoms with Crippen molar-refractivity contribution in [3.05, 3.63) is 16.6 Å². The summed E-state index contributed by atoms with van der Waals surface area (Å²) in [5, 5.41) is 12.0. The monoisotopic (exact) mass is 171 g/mol. The summed E-state index contributed by atoms with van der Waals surface area (Å²) in [7, 11) is 0. The minimum atomic E-state index is 0.200. The van der Waals surface area contributed by atoms with Crippen LogP contribution in [0.15, 0.2) is 11.6 Å². The van der Waals surface area contributed by atoms with Crippen LogP contribution >= 0.6 is 11.3 Å². The molecular formula is C8H13NOS. The van der Waals surface area contributed by atoms with Gasteiger partial charge in [0.1, 0.15) is 0 Å². The van der Waals surface area contributed by atoms with E-state index < -0.39 is 0 Å². The highest BCUT2D eigenvalue weighted by atomic mass is 32.1. The van der Waals surface area contributed by atoms with Gasteiger partial charge >= 0.3 is 0 Å². The van der Waals surface area contributed by atoms with E-state index in [0.717, 1.165) is 5.01 Å². The van der Waals surface area contributed by atoms with Crippen LogP contribution < -0.4 is 0 Å². The molecule has 0 spiro atoms. The molecule has 0 amide bonds. The average Bonchev–Trinajstić information content (AvgIpc) is 2.40. The molecule has 1 N–H and O–H groups in total. The zero-order valence-corrected chi connectivity index (χ0v) is 7.64. The van der Waals surface area contributed by atoms with Crippen molar-refractivity contribution < 1.29 is 5.11 Å². The van der Waals surface area contributed by atoms with Gasteiger partial charge in [-0.25, -0.2) is 4.98 Å². The van der Waals surface area contributed by atoms with Gasteiger partial charge in [-0.1, -0.05) is 13.8 Å². The Labute approximate surface area is 70.9 Å². The van der Waals surface area contributed by atoms with Crippen molar-refractivity contribution in [1.82, 2.24) is 4.98 Å². The summed E-state index contributed by atoms with van der Waals surface area (Å²) in [5.74, 6) is 0.682. The van der Waals surface area contributed by atoms with E-state index in [-0.39, 0.29) is 12.5 Å². The highest BCUT2D eigenvalue weighted by Crippen LogP contribution is 2.24. The largest absolute Gasteiger partial charge is 0.396 e. The van der Waals surface area contributed by atoms with Gasteiger partial charge < -0.3 is 5.11 Å². The number of thiazole rings is 1. The summed E-state index contributed by atoms with van der Waals surface area (Å²) >= 11 is 1.61. The maximum Gasteiger partial charge on any atom is 0.0981 e. The Balaban J connectivity index is 2.71. The van der Waals surface area contributed by atoms with E-state index in [9.17, 15) is 0 Å². The summed E-state index contributed by atoms with van der Waals surface area (Å²) < 4.78 is 0. The van der Waals surface area contributed by atoms with Crippen molar-refractivity contribution in [3.63, 3.8) is 0 Å². The lowest BCUT2D eigenvalue weighted by molar-refractivity contribution is 0.237. The molecule has 0 aliphatic heterocycles. The number of rotatable bonds is 3. The van der Waals surface area contributed by atoms with Crippen molar-refractivity contribution in [2.45, 2.75) is 19.8 Å². The fourth-order valence-corrected chi connectivity index (χ4v) is 1.90. The van der Waals surface area contributed by atoms with E-state index in [1.54, 1.807) is 17.5 Å². The van der Waals surface area contributed by atoms with E-state index in [4.69, 9.17) is 5.11 Å². The lowest BCUT2D eigenvalue weighted by Gasteiger charge is -2.14. The second kappa shape index (κ2) is 3.83. The third-order valence-electron chi connectivity index (χ3n) is 1.77. The first-order valence-corrected chi connectivity index (χ1v) is 4.64. The number of aromatic nitrogens is 1. The van der Waals surface area contributed by atoms with E-state index in [0.29, 0.717) is 5.92 Å². The highest BCUT2D eigenvalue weighted by Gasteiger charge is 2.16. The lowest BCUT2D eigenvalue weighted by Crippen LogP contribution is -2.10. The first kappa shape index (κ1) is 8.68. The maximum atomic E-state index is 9.03. The van der Waals surface area contributed by atoms with Gasteiger partial charge in [-0.2, -0.15) is 0 Å². The predicted molar refractivity (Wildman–Crippen MR) is 46.8 cm³/mol. The van der Waals surface area contributed by atoms with Gasteiger partial charge in [0, 0.05) is 17.5 Å². The van der Waals surface area contributed by atoms with Crippen LogP contribution in [0.3, 0.4) is 0 Å². The van der Waals surface area contributed by atoms with E-state index in [1.807, 2.05) is 5.38 Å². The third kappa shape index (κ3) is 2.01. The first-order valence-electron chi connectivity index (χ1n) is 3.76. The quantitative estimate of drug-likeness (QED) is 0.753. The van der Waals surface area contributed by atoms with E-state index in [2.05, 4.69) is 18.8 Å². The number of nitrogens with zero attached hydrogens (tertiary/aromatic N) is 1. The van der Waals surface area contributed by atoms with Crippen LogP contribution in [0.1, 0.15) is 24.8 Å². The van der Waals surface area contributed by atoms with Crippen LogP contribution in [0.4, 0.5) is 0 Å². The molecule has 2 nitrogen and oxygen atoms in total. The molecule has 1 aromatic rings. The molecule has 0 fully saturated rings. The van der Waals surface area contributed by atoms with E-state index >= 15 is 0 Å². The number of hydrogen-bond donors (Lipinski definition) is 1. The number of aliphatic hydroxyl groups is 1. The van der Waals surface area contributed by atoms with Gasteiger partial charge in [-0.05, 0) is 5.92 Å². The smallest absolute Gasteiger partial charge is 0.0981 e. The number of hydrogen-bond acceptors (Lipinski definition) is 3. The lowest BCUT2D eigenvalue weighted by atomic mass is 9.98. The SMILES string of the molecule is CC(C)C(CO)c1nccs1. The normalized spacial score (nSPS) is 13.8. The topological polar surface area (TPSA) is 33.1 Å². The zero-order valence-electron chi connectivity index (χ0n) is 6.82. The fraction of sp³-hybridized carbons (Fsp3) is 0.625. The second-order valence-corrected chi connectivity index (χ2v) is 3.83. The van der Waals surface area contributed by atoms with Crippen LogP contribution in [-0.4, -0.2) is 16.7 Å². The van der Waals surface area contributed by atoms with Gasteiger partial charge in [0.25, 0.3) is 0 Å². The molecule has 3 heteroatoms. The molecule has 1 aromatic heterocycles. The van der Waals surface area contributed by atoms with Crippen LogP contribution in [0.25, 0.3) is 0 Å². The summed E-state index contributed by atoms with van der Waals surface area (Å²) in [6.07, 6.45) is 1.78. The molecule has 0 radical (unpaired) electrons. The Hall–Kier alpha value is -0.410. The van der Waals surface area contributed by atoms with Crippen LogP contribution in [0, 0.1) is 5.92 Å². The zero-order chi connectivity index (χ0) is 8.27. The van der Waals surface area contributed by atoms with Crippen LogP contribution in [-0.2, 0) is 0 Å². The molecule has 1 heterocycles. The third-order valence-corrected chi connectivity index (χ3v) is 2.68. The van der Waals surface area contributed by atoms with Crippen molar-refractivity contribution in [3.8, 4) is 0 Å². The molecule has 11 heavy (non-hydrogen) atoms. The molecule has 1 atom stereocenters. The van der Waals surface area contributed by atoms with Gasteiger partial charge in [0.2, 0.25) is 0 Å². The summed E-state index contributed by atoms with van der Waals surface area (Å²) in [5.41, 5.74) is 0. The molecule has 1 rings (SSSR count). The number of aliphatic hydroxyl groups excluding tert-OH is 1. The molecule has 0 bridgehead atoms. The minimum Gasteiger partial charge on any atom is -0.396 e. The first-order chi connectivity index (χ1) is 5.25. The Morgan fingerprint density at radius 2 is 2.36 bits per heavy atom. The van der Waals surface area contributed by atoms with Crippen LogP contribution in [0.5, 0.6) is 0 Å². The summed E-state index contributed by atoms with van der Waals surface area (Å²) in [6, 6.07) is 0. The van der Waals surface area contributed by atoms with Gasteiger partial charge in [-0.15, -0.1) is 11.3 Å². The van der Waals surface area contributed by atoms with E-state index in [1.165, 1.54) is 0 Å². The van der Waals surface area contributed by atoms with Gasteiger partial charge in [0.05, 0.1) is 11.6 Å². The predicted octanol–water partition coefficient (Wildman–Crippen LogP) is 1.88. The van der Waals surface area contributed by atoms with Crippen molar-refractivity contribution in [2.24, 2.45) is 5.92 Å². The highest BCUT2D eigenvalue weighted by molar-refractivity contribution is 7.09. The standard InChI is InChI=1S/C8H13NOS/c1-6(2)7(5-10)8-9-3-4-11-8/h3-4,6-7,10H,5H2,1-2H3. The molecule has 0 aliphatic carbocycles. The molecule has 1 unspecified atom stereocenters. The Kier molecular flexibility index (Phi) is 3.02.